The van der Waals surface area contributed by atoms with Gasteiger partial charge >= 0.3 is 0 Å². The summed E-state index contributed by atoms with van der Waals surface area (Å²) in [6.45, 7) is 6.32. The molecule has 0 aliphatic heterocycles. The number of hydrogen-bond acceptors (Lipinski definition) is 2. The summed E-state index contributed by atoms with van der Waals surface area (Å²) in [5.41, 5.74) is 5.38. The molecule has 0 saturated heterocycles. The van der Waals surface area contributed by atoms with Crippen molar-refractivity contribution in [3.8, 4) is 0 Å². The first kappa shape index (κ1) is 15.6. The van der Waals surface area contributed by atoms with Crippen LogP contribution in [0.3, 0.4) is 0 Å². The van der Waals surface area contributed by atoms with Crippen LogP contribution in [0.15, 0.2) is 40.9 Å². The number of nitrogens with one attached hydrogen (secondary N) is 2. The molecular formula is C17H19BrN2O. The van der Waals surface area contributed by atoms with Gasteiger partial charge in [-0.25, -0.2) is 0 Å². The minimum Gasteiger partial charge on any atom is -0.381 e. The summed E-state index contributed by atoms with van der Waals surface area (Å²) in [4.78, 5) is 11.1. The van der Waals surface area contributed by atoms with Gasteiger partial charge in [0, 0.05) is 29.3 Å². The second-order valence-corrected chi connectivity index (χ2v) is 6.01. The monoisotopic (exact) mass is 346 g/mol. The summed E-state index contributed by atoms with van der Waals surface area (Å²) in [6, 6.07) is 12.3. The Morgan fingerprint density at radius 3 is 2.52 bits per heavy atom. The third kappa shape index (κ3) is 4.33. The summed E-state index contributed by atoms with van der Waals surface area (Å²) in [5, 5.41) is 6.22. The van der Waals surface area contributed by atoms with E-state index in [0.29, 0.717) is 0 Å². The van der Waals surface area contributed by atoms with E-state index in [0.717, 1.165) is 28.0 Å². The Morgan fingerprint density at radius 1 is 1.14 bits per heavy atom. The number of benzene rings is 2. The van der Waals surface area contributed by atoms with Crippen LogP contribution in [0.5, 0.6) is 0 Å². The number of rotatable bonds is 4. The highest BCUT2D eigenvalue weighted by atomic mass is 79.9. The first-order valence-corrected chi connectivity index (χ1v) is 7.62. The maximum Gasteiger partial charge on any atom is 0.221 e. The smallest absolute Gasteiger partial charge is 0.221 e. The van der Waals surface area contributed by atoms with Crippen LogP contribution in [-0.4, -0.2) is 5.91 Å². The van der Waals surface area contributed by atoms with Crippen LogP contribution in [0.25, 0.3) is 0 Å². The van der Waals surface area contributed by atoms with Crippen molar-refractivity contribution in [1.82, 2.24) is 0 Å². The fourth-order valence-electron chi connectivity index (χ4n) is 2.10. The quantitative estimate of drug-likeness (QED) is 0.846. The molecule has 0 bridgehead atoms. The maximum absolute atomic E-state index is 11.1. The van der Waals surface area contributed by atoms with E-state index in [1.807, 2.05) is 25.1 Å². The van der Waals surface area contributed by atoms with Crippen molar-refractivity contribution in [3.63, 3.8) is 0 Å². The normalized spacial score (nSPS) is 10.3. The largest absolute Gasteiger partial charge is 0.381 e. The molecule has 0 spiro atoms. The molecule has 0 aromatic heterocycles. The summed E-state index contributed by atoms with van der Waals surface area (Å²) < 4.78 is 1.11. The third-order valence-corrected chi connectivity index (χ3v) is 3.97. The molecule has 0 atom stereocenters. The molecule has 1 amide bonds. The summed E-state index contributed by atoms with van der Waals surface area (Å²) in [5.74, 6) is -0.0533. The first-order valence-electron chi connectivity index (χ1n) is 6.83. The van der Waals surface area contributed by atoms with Crippen molar-refractivity contribution >= 4 is 33.2 Å². The lowest BCUT2D eigenvalue weighted by molar-refractivity contribution is -0.114. The van der Waals surface area contributed by atoms with Crippen molar-refractivity contribution in [2.75, 3.05) is 10.6 Å². The summed E-state index contributed by atoms with van der Waals surface area (Å²) >= 11 is 3.59. The van der Waals surface area contributed by atoms with Gasteiger partial charge in [-0.2, -0.15) is 0 Å². The van der Waals surface area contributed by atoms with Gasteiger partial charge in [0.1, 0.15) is 0 Å². The molecule has 21 heavy (non-hydrogen) atoms. The van der Waals surface area contributed by atoms with Gasteiger partial charge in [-0.05, 0) is 54.8 Å². The number of anilines is 2. The second-order valence-electron chi connectivity index (χ2n) is 5.16. The molecule has 110 valence electrons. The SMILES string of the molecule is CC(=O)Nc1ccc(NCc2ccc(C)cc2Br)cc1C. The van der Waals surface area contributed by atoms with Gasteiger partial charge in [0.15, 0.2) is 0 Å². The Bertz CT molecular complexity index is 668. The molecule has 2 aromatic carbocycles. The second kappa shape index (κ2) is 6.76. The van der Waals surface area contributed by atoms with Crippen LogP contribution < -0.4 is 10.6 Å². The van der Waals surface area contributed by atoms with Gasteiger partial charge in [-0.3, -0.25) is 4.79 Å². The maximum atomic E-state index is 11.1. The Balaban J connectivity index is 2.06. The highest BCUT2D eigenvalue weighted by molar-refractivity contribution is 9.10. The van der Waals surface area contributed by atoms with Gasteiger partial charge in [-0.1, -0.05) is 28.1 Å². The van der Waals surface area contributed by atoms with Gasteiger partial charge in [0.25, 0.3) is 0 Å². The van der Waals surface area contributed by atoms with Crippen molar-refractivity contribution in [1.29, 1.82) is 0 Å². The van der Waals surface area contributed by atoms with Crippen LogP contribution in [0.2, 0.25) is 0 Å². The molecule has 3 nitrogen and oxygen atoms in total. The summed E-state index contributed by atoms with van der Waals surface area (Å²) in [7, 11) is 0. The van der Waals surface area contributed by atoms with E-state index < -0.39 is 0 Å². The Labute approximate surface area is 133 Å². The molecule has 2 N–H and O–H groups in total. The molecule has 2 aromatic rings. The topological polar surface area (TPSA) is 41.1 Å². The van der Waals surface area contributed by atoms with Crippen LogP contribution in [0, 0.1) is 13.8 Å². The molecule has 0 aliphatic carbocycles. The minimum absolute atomic E-state index is 0.0533. The van der Waals surface area contributed by atoms with Gasteiger partial charge in [-0.15, -0.1) is 0 Å². The first-order chi connectivity index (χ1) is 9.95. The average molecular weight is 347 g/mol. The number of aryl methyl sites for hydroxylation is 2. The Kier molecular flexibility index (Phi) is 5.02. The standard InChI is InChI=1S/C17H19BrN2O/c1-11-4-5-14(16(18)8-11)10-19-15-6-7-17(12(2)9-15)20-13(3)21/h4-9,19H,10H2,1-3H3,(H,20,21). The van der Waals surface area contributed by atoms with E-state index in [2.05, 4.69) is 51.7 Å². The molecule has 0 radical (unpaired) electrons. The van der Waals surface area contributed by atoms with Crippen LogP contribution in [-0.2, 0) is 11.3 Å². The van der Waals surface area contributed by atoms with E-state index in [-0.39, 0.29) is 5.91 Å². The fraction of sp³-hybridized carbons (Fsp3) is 0.235. The Hall–Kier alpha value is -1.81. The van der Waals surface area contributed by atoms with Gasteiger partial charge in [0.05, 0.1) is 0 Å². The van der Waals surface area contributed by atoms with Crippen LogP contribution in [0.1, 0.15) is 23.6 Å². The van der Waals surface area contributed by atoms with Crippen molar-refractivity contribution in [2.45, 2.75) is 27.3 Å². The predicted molar refractivity (Wildman–Crippen MR) is 91.7 cm³/mol. The zero-order chi connectivity index (χ0) is 15.4. The molecular weight excluding hydrogens is 328 g/mol. The number of amides is 1. The lowest BCUT2D eigenvalue weighted by Gasteiger charge is -2.12. The molecule has 0 aliphatic rings. The summed E-state index contributed by atoms with van der Waals surface area (Å²) in [6.07, 6.45) is 0. The lowest BCUT2D eigenvalue weighted by Crippen LogP contribution is -2.07. The third-order valence-electron chi connectivity index (χ3n) is 3.23. The molecule has 4 heteroatoms. The lowest BCUT2D eigenvalue weighted by atomic mass is 10.1. The van der Waals surface area contributed by atoms with Gasteiger partial charge in [0.2, 0.25) is 5.91 Å². The molecule has 0 saturated carbocycles. The number of halogens is 1. The molecule has 2 rings (SSSR count). The van der Waals surface area contributed by atoms with Crippen LogP contribution in [0.4, 0.5) is 11.4 Å². The highest BCUT2D eigenvalue weighted by Crippen LogP contribution is 2.22. The minimum atomic E-state index is -0.0533. The van der Waals surface area contributed by atoms with Crippen LogP contribution >= 0.6 is 15.9 Å². The molecule has 0 heterocycles. The van der Waals surface area contributed by atoms with E-state index in [4.69, 9.17) is 0 Å². The fourth-order valence-corrected chi connectivity index (χ4v) is 2.73. The van der Waals surface area contributed by atoms with E-state index in [1.165, 1.54) is 18.1 Å². The number of carbonyl (C=O) groups is 1. The zero-order valence-electron chi connectivity index (χ0n) is 12.5. The number of carbonyl (C=O) groups excluding carboxylic acids is 1. The average Bonchev–Trinajstić information content (AvgIpc) is 2.40. The molecule has 0 fully saturated rings. The van der Waals surface area contributed by atoms with Crippen molar-refractivity contribution in [2.24, 2.45) is 0 Å². The molecule has 0 unspecified atom stereocenters. The zero-order valence-corrected chi connectivity index (χ0v) is 14.0. The van der Waals surface area contributed by atoms with Crippen molar-refractivity contribution in [3.05, 3.63) is 57.6 Å². The predicted octanol–water partition coefficient (Wildman–Crippen LogP) is 4.64. The number of hydrogen-bond donors (Lipinski definition) is 2. The van der Waals surface area contributed by atoms with Gasteiger partial charge < -0.3 is 10.6 Å². The van der Waals surface area contributed by atoms with Crippen molar-refractivity contribution < 1.29 is 4.79 Å². The Morgan fingerprint density at radius 2 is 1.90 bits per heavy atom. The van der Waals surface area contributed by atoms with E-state index >= 15 is 0 Å². The highest BCUT2D eigenvalue weighted by Gasteiger charge is 2.03. The van der Waals surface area contributed by atoms with E-state index in [1.54, 1.807) is 0 Å². The van der Waals surface area contributed by atoms with E-state index in [9.17, 15) is 4.79 Å².